The molecule has 100 valence electrons. The number of carbonyl (C=O) groups excluding carboxylic acids is 2. The van der Waals surface area contributed by atoms with Gasteiger partial charge in [0, 0.05) is 6.54 Å². The van der Waals surface area contributed by atoms with Crippen LogP contribution in [0.4, 0.5) is 10.5 Å². The van der Waals surface area contributed by atoms with Gasteiger partial charge in [0.1, 0.15) is 0 Å². The van der Waals surface area contributed by atoms with E-state index in [4.69, 9.17) is 5.73 Å². The highest BCUT2D eigenvalue weighted by atomic mass is 16.2. The molecule has 1 saturated heterocycles. The van der Waals surface area contributed by atoms with Crippen molar-refractivity contribution in [1.29, 1.82) is 0 Å². The first-order chi connectivity index (χ1) is 9.13. The second kappa shape index (κ2) is 4.35. The number of nitrogens with one attached hydrogen (secondary N) is 1. The van der Waals surface area contributed by atoms with Crippen LogP contribution in [0.3, 0.4) is 0 Å². The lowest BCUT2D eigenvalue weighted by molar-refractivity contribution is -0.121. The first kappa shape index (κ1) is 12.2. The van der Waals surface area contributed by atoms with Gasteiger partial charge in [-0.1, -0.05) is 12.1 Å². The van der Waals surface area contributed by atoms with Crippen LogP contribution in [0.15, 0.2) is 24.3 Å². The topological polar surface area (TPSA) is 75.4 Å². The molecule has 19 heavy (non-hydrogen) atoms. The number of hydrogen-bond donors (Lipinski definition) is 2. The Labute approximate surface area is 111 Å². The Morgan fingerprint density at radius 1 is 1.32 bits per heavy atom. The van der Waals surface area contributed by atoms with Crippen molar-refractivity contribution in [2.24, 2.45) is 5.73 Å². The number of nitrogens with zero attached hydrogens (tertiary/aromatic N) is 1. The molecule has 3 N–H and O–H groups in total. The molecule has 0 aromatic heterocycles. The first-order valence-corrected chi connectivity index (χ1v) is 6.58. The molecule has 2 aliphatic rings. The SMILES string of the molecule is NCc1cccc(N2C(=O)CC3(CCC3)NC2=O)c1. The van der Waals surface area contributed by atoms with Gasteiger partial charge in [0.15, 0.2) is 0 Å². The lowest BCUT2D eigenvalue weighted by atomic mass is 9.73. The smallest absolute Gasteiger partial charge is 0.329 e. The molecule has 1 aromatic carbocycles. The van der Waals surface area contributed by atoms with E-state index in [1.165, 1.54) is 4.90 Å². The van der Waals surface area contributed by atoms with E-state index in [0.717, 1.165) is 24.8 Å². The summed E-state index contributed by atoms with van der Waals surface area (Å²) < 4.78 is 0. The normalized spacial score (nSPS) is 21.2. The standard InChI is InChI=1S/C14H17N3O2/c15-9-10-3-1-4-11(7-10)17-12(18)8-14(5-2-6-14)16-13(17)19/h1,3-4,7H,2,5-6,8-9,15H2,(H,16,19). The average molecular weight is 259 g/mol. The summed E-state index contributed by atoms with van der Waals surface area (Å²) in [5, 5.41) is 2.98. The van der Waals surface area contributed by atoms with Gasteiger partial charge in [-0.05, 0) is 37.0 Å². The maximum Gasteiger partial charge on any atom is 0.329 e. The molecular formula is C14H17N3O2. The molecule has 0 unspecified atom stereocenters. The van der Waals surface area contributed by atoms with E-state index < -0.39 is 0 Å². The zero-order chi connectivity index (χ0) is 13.5. The number of carbonyl (C=O) groups is 2. The molecule has 3 rings (SSSR count). The molecule has 5 heteroatoms. The van der Waals surface area contributed by atoms with Crippen molar-refractivity contribution in [3.63, 3.8) is 0 Å². The Bertz CT molecular complexity index is 517. The van der Waals surface area contributed by atoms with E-state index in [9.17, 15) is 9.59 Å². The minimum absolute atomic E-state index is 0.127. The van der Waals surface area contributed by atoms with Crippen LogP contribution in [-0.2, 0) is 11.3 Å². The average Bonchev–Trinajstić information content (AvgIpc) is 2.36. The Morgan fingerprint density at radius 3 is 2.68 bits per heavy atom. The van der Waals surface area contributed by atoms with Crippen molar-refractivity contribution in [1.82, 2.24) is 5.32 Å². The number of anilines is 1. The minimum atomic E-state index is -0.315. The van der Waals surface area contributed by atoms with Gasteiger partial charge in [0.2, 0.25) is 5.91 Å². The van der Waals surface area contributed by atoms with E-state index in [1.54, 1.807) is 12.1 Å². The molecule has 1 aliphatic carbocycles. The molecule has 5 nitrogen and oxygen atoms in total. The van der Waals surface area contributed by atoms with E-state index in [0.29, 0.717) is 18.7 Å². The molecular weight excluding hydrogens is 242 g/mol. The highest BCUT2D eigenvalue weighted by Gasteiger charge is 2.47. The maximum atomic E-state index is 12.2. The molecule has 0 radical (unpaired) electrons. The van der Waals surface area contributed by atoms with Gasteiger partial charge in [-0.2, -0.15) is 0 Å². The molecule has 2 fully saturated rings. The van der Waals surface area contributed by atoms with Crippen LogP contribution in [-0.4, -0.2) is 17.5 Å². The zero-order valence-corrected chi connectivity index (χ0v) is 10.7. The summed E-state index contributed by atoms with van der Waals surface area (Å²) in [6.07, 6.45) is 3.28. The Morgan fingerprint density at radius 2 is 2.11 bits per heavy atom. The van der Waals surface area contributed by atoms with Crippen molar-refractivity contribution in [2.45, 2.75) is 37.8 Å². The predicted octanol–water partition coefficient (Wildman–Crippen LogP) is 1.51. The van der Waals surface area contributed by atoms with Crippen molar-refractivity contribution in [2.75, 3.05) is 4.90 Å². The predicted molar refractivity (Wildman–Crippen MR) is 71.6 cm³/mol. The van der Waals surface area contributed by atoms with Crippen LogP contribution in [0.25, 0.3) is 0 Å². The third kappa shape index (κ3) is 2.00. The zero-order valence-electron chi connectivity index (χ0n) is 10.7. The lowest BCUT2D eigenvalue weighted by Gasteiger charge is -2.47. The van der Waals surface area contributed by atoms with Crippen molar-refractivity contribution in [3.8, 4) is 0 Å². The number of amides is 3. The number of rotatable bonds is 2. The summed E-state index contributed by atoms with van der Waals surface area (Å²) in [4.78, 5) is 25.6. The summed E-state index contributed by atoms with van der Waals surface area (Å²) in [5.41, 5.74) is 6.82. The summed E-state index contributed by atoms with van der Waals surface area (Å²) in [5.74, 6) is -0.127. The summed E-state index contributed by atoms with van der Waals surface area (Å²) >= 11 is 0. The summed E-state index contributed by atoms with van der Waals surface area (Å²) in [6, 6.07) is 6.92. The highest BCUT2D eigenvalue weighted by Crippen LogP contribution is 2.38. The Balaban J connectivity index is 1.88. The van der Waals surface area contributed by atoms with Crippen LogP contribution in [0.5, 0.6) is 0 Å². The quantitative estimate of drug-likeness (QED) is 0.845. The fourth-order valence-corrected chi connectivity index (χ4v) is 2.80. The monoisotopic (exact) mass is 259 g/mol. The summed E-state index contributed by atoms with van der Waals surface area (Å²) in [7, 11) is 0. The van der Waals surface area contributed by atoms with Crippen molar-refractivity contribution in [3.05, 3.63) is 29.8 Å². The molecule has 0 bridgehead atoms. The maximum absolute atomic E-state index is 12.2. The molecule has 1 aromatic rings. The van der Waals surface area contributed by atoms with Crippen molar-refractivity contribution >= 4 is 17.6 Å². The molecule has 0 atom stereocenters. The van der Waals surface area contributed by atoms with E-state index in [2.05, 4.69) is 5.32 Å². The second-order valence-corrected chi connectivity index (χ2v) is 5.34. The number of benzene rings is 1. The number of urea groups is 1. The molecule has 1 heterocycles. The van der Waals surface area contributed by atoms with Gasteiger partial charge in [0.05, 0.1) is 17.6 Å². The molecule has 1 saturated carbocycles. The highest BCUT2D eigenvalue weighted by molar-refractivity contribution is 6.16. The number of hydrogen-bond acceptors (Lipinski definition) is 3. The van der Waals surface area contributed by atoms with Crippen LogP contribution in [0.1, 0.15) is 31.2 Å². The van der Waals surface area contributed by atoms with Crippen molar-refractivity contribution < 1.29 is 9.59 Å². The van der Waals surface area contributed by atoms with Gasteiger partial charge in [-0.3, -0.25) is 4.79 Å². The second-order valence-electron chi connectivity index (χ2n) is 5.34. The van der Waals surface area contributed by atoms with E-state index in [-0.39, 0.29) is 17.5 Å². The van der Waals surface area contributed by atoms with E-state index in [1.807, 2.05) is 12.1 Å². The van der Waals surface area contributed by atoms with Crippen LogP contribution < -0.4 is 16.0 Å². The molecule has 3 amide bonds. The molecule has 1 spiro atoms. The van der Waals surface area contributed by atoms with Gasteiger partial charge in [0.25, 0.3) is 0 Å². The third-order valence-corrected chi connectivity index (χ3v) is 4.03. The third-order valence-electron chi connectivity index (χ3n) is 4.03. The molecule has 1 aliphatic heterocycles. The van der Waals surface area contributed by atoms with Crippen LogP contribution >= 0.6 is 0 Å². The first-order valence-electron chi connectivity index (χ1n) is 6.58. The van der Waals surface area contributed by atoms with Gasteiger partial charge < -0.3 is 11.1 Å². The summed E-state index contributed by atoms with van der Waals surface area (Å²) in [6.45, 7) is 0.390. The van der Waals surface area contributed by atoms with E-state index >= 15 is 0 Å². The number of nitrogens with two attached hydrogens (primary N) is 1. The number of imide groups is 1. The van der Waals surface area contributed by atoms with Gasteiger partial charge in [-0.15, -0.1) is 0 Å². The van der Waals surface area contributed by atoms with Crippen LogP contribution in [0.2, 0.25) is 0 Å². The van der Waals surface area contributed by atoms with Gasteiger partial charge >= 0.3 is 6.03 Å². The van der Waals surface area contributed by atoms with Gasteiger partial charge in [-0.25, -0.2) is 9.69 Å². The van der Waals surface area contributed by atoms with Crippen LogP contribution in [0, 0.1) is 0 Å². The largest absolute Gasteiger partial charge is 0.331 e. The fraction of sp³-hybridized carbons (Fsp3) is 0.429. The Hall–Kier alpha value is -1.88. The fourth-order valence-electron chi connectivity index (χ4n) is 2.80. The minimum Gasteiger partial charge on any atom is -0.331 e. The lowest BCUT2D eigenvalue weighted by Crippen LogP contribution is -2.65. The Kier molecular flexibility index (Phi) is 2.78.